The number of methoxy groups -OCH3 is 2. The fourth-order valence-electron chi connectivity index (χ4n) is 4.21. The second-order valence-electron chi connectivity index (χ2n) is 8.10. The van der Waals surface area contributed by atoms with Gasteiger partial charge in [0.25, 0.3) is 0 Å². The zero-order chi connectivity index (χ0) is 21.3. The van der Waals surface area contributed by atoms with E-state index in [0.717, 1.165) is 24.4 Å². The summed E-state index contributed by atoms with van der Waals surface area (Å²) in [6, 6.07) is 10.6. The number of benzene rings is 2. The number of rotatable bonds is 5. The molecule has 0 spiro atoms. The molecule has 1 aliphatic heterocycles. The number of nitrogens with one attached hydrogen (secondary N) is 1. The van der Waals surface area contributed by atoms with Gasteiger partial charge in [0.1, 0.15) is 23.8 Å². The predicted octanol–water partition coefficient (Wildman–Crippen LogP) is 3.00. The molecule has 0 aliphatic carbocycles. The summed E-state index contributed by atoms with van der Waals surface area (Å²) >= 11 is 0. The van der Waals surface area contributed by atoms with Gasteiger partial charge in [-0.15, -0.1) is 0 Å². The summed E-state index contributed by atoms with van der Waals surface area (Å²) < 4.78 is 16.5. The summed E-state index contributed by atoms with van der Waals surface area (Å²) in [5.41, 5.74) is 1.75. The van der Waals surface area contributed by atoms with Gasteiger partial charge < -0.3 is 23.9 Å². The van der Waals surface area contributed by atoms with Crippen molar-refractivity contribution in [1.29, 1.82) is 0 Å². The first kappa shape index (κ1) is 20.3. The molecule has 0 unspecified atom stereocenters. The van der Waals surface area contributed by atoms with E-state index in [9.17, 15) is 9.90 Å². The molecule has 4 rings (SSSR count). The van der Waals surface area contributed by atoms with Gasteiger partial charge in [-0.05, 0) is 49.1 Å². The van der Waals surface area contributed by atoms with Crippen LogP contribution in [0.2, 0.25) is 0 Å². The van der Waals surface area contributed by atoms with E-state index in [-0.39, 0.29) is 5.75 Å². The summed E-state index contributed by atoms with van der Waals surface area (Å²) in [4.78, 5) is 14.3. The van der Waals surface area contributed by atoms with E-state index < -0.39 is 5.63 Å². The van der Waals surface area contributed by atoms with E-state index >= 15 is 0 Å². The molecule has 1 saturated heterocycles. The van der Waals surface area contributed by atoms with E-state index in [1.807, 2.05) is 6.07 Å². The molecule has 0 bridgehead atoms. The number of likely N-dealkylation sites (tertiary alicyclic amines) is 1. The highest BCUT2D eigenvalue weighted by atomic mass is 16.5. The maximum atomic E-state index is 12.9. The number of aromatic hydroxyl groups is 1. The Morgan fingerprint density at radius 1 is 1.07 bits per heavy atom. The van der Waals surface area contributed by atoms with Crippen LogP contribution >= 0.6 is 0 Å². The van der Waals surface area contributed by atoms with Crippen LogP contribution in [-0.2, 0) is 6.54 Å². The number of piperidine rings is 1. The molecule has 3 aromatic rings. The number of phenolic OH excluding ortho intramolecular Hbond substituents is 1. The van der Waals surface area contributed by atoms with Crippen molar-refractivity contribution in [2.45, 2.75) is 26.3 Å². The second kappa shape index (κ2) is 8.40. The van der Waals surface area contributed by atoms with Crippen LogP contribution in [0, 0.1) is 5.92 Å². The minimum Gasteiger partial charge on any atom is -0.507 e. The van der Waals surface area contributed by atoms with E-state index in [2.05, 4.69) is 6.92 Å². The van der Waals surface area contributed by atoms with E-state index in [1.165, 1.54) is 17.7 Å². The number of fused-ring (bicyclic) bond motifs is 1. The molecule has 0 atom stereocenters. The maximum Gasteiger partial charge on any atom is 0.344 e. The third-order valence-electron chi connectivity index (χ3n) is 6.09. The molecular formula is C24H28NO5+. The van der Waals surface area contributed by atoms with Gasteiger partial charge in [0.2, 0.25) is 0 Å². The van der Waals surface area contributed by atoms with Crippen molar-refractivity contribution in [2.75, 3.05) is 27.3 Å². The molecule has 6 heteroatoms. The van der Waals surface area contributed by atoms with Crippen molar-refractivity contribution < 1.29 is 23.9 Å². The Balaban J connectivity index is 1.77. The highest BCUT2D eigenvalue weighted by Crippen LogP contribution is 2.34. The van der Waals surface area contributed by atoms with Crippen LogP contribution in [0.3, 0.4) is 0 Å². The number of quaternary nitrogens is 1. The first-order valence-electron chi connectivity index (χ1n) is 10.3. The smallest absolute Gasteiger partial charge is 0.344 e. The third kappa shape index (κ3) is 3.87. The Kier molecular flexibility index (Phi) is 5.68. The largest absolute Gasteiger partial charge is 0.507 e. The summed E-state index contributed by atoms with van der Waals surface area (Å²) in [6.45, 7) is 5.04. The van der Waals surface area contributed by atoms with Crippen LogP contribution in [0.1, 0.15) is 25.3 Å². The Hall–Kier alpha value is -2.99. The van der Waals surface area contributed by atoms with Gasteiger partial charge in [0, 0.05) is 17.0 Å². The van der Waals surface area contributed by atoms with Crippen LogP contribution in [0.4, 0.5) is 0 Å². The van der Waals surface area contributed by atoms with Crippen molar-refractivity contribution in [2.24, 2.45) is 5.92 Å². The lowest BCUT2D eigenvalue weighted by molar-refractivity contribution is -0.919. The average Bonchev–Trinajstić information content (AvgIpc) is 2.76. The number of phenols is 1. The van der Waals surface area contributed by atoms with Crippen molar-refractivity contribution in [3.63, 3.8) is 0 Å². The standard InChI is InChI=1S/C24H27NO5/c1-15-8-10-25(11-9-15)14-20-21(26)7-4-16-12-19(24(27)30-23(16)20)18-6-5-17(28-2)13-22(18)29-3/h4-7,12-13,15,26H,8-11,14H2,1-3H3/p+1. The number of hydrogen-bond acceptors (Lipinski definition) is 5. The molecular weight excluding hydrogens is 382 g/mol. The highest BCUT2D eigenvalue weighted by Gasteiger charge is 2.23. The zero-order valence-electron chi connectivity index (χ0n) is 17.7. The lowest BCUT2D eigenvalue weighted by atomic mass is 9.98. The lowest BCUT2D eigenvalue weighted by Crippen LogP contribution is -3.11. The Labute approximate surface area is 175 Å². The summed E-state index contributed by atoms with van der Waals surface area (Å²) in [6.07, 6.45) is 2.35. The van der Waals surface area contributed by atoms with Crippen molar-refractivity contribution in [1.82, 2.24) is 0 Å². The molecule has 0 radical (unpaired) electrons. The summed E-state index contributed by atoms with van der Waals surface area (Å²) in [7, 11) is 3.14. The van der Waals surface area contributed by atoms with Crippen LogP contribution in [0.25, 0.3) is 22.1 Å². The minimum atomic E-state index is -0.458. The molecule has 1 fully saturated rings. The van der Waals surface area contributed by atoms with E-state index in [4.69, 9.17) is 13.9 Å². The zero-order valence-corrected chi connectivity index (χ0v) is 17.7. The lowest BCUT2D eigenvalue weighted by Gasteiger charge is -2.27. The average molecular weight is 410 g/mol. The van der Waals surface area contributed by atoms with Crippen LogP contribution in [0.15, 0.2) is 45.6 Å². The van der Waals surface area contributed by atoms with Crippen LogP contribution < -0.4 is 20.0 Å². The number of ether oxygens (including phenoxy) is 2. The predicted molar refractivity (Wildman–Crippen MR) is 115 cm³/mol. The molecule has 30 heavy (non-hydrogen) atoms. The molecule has 2 N–H and O–H groups in total. The molecule has 0 saturated carbocycles. The first-order valence-corrected chi connectivity index (χ1v) is 10.3. The van der Waals surface area contributed by atoms with Gasteiger partial charge in [-0.1, -0.05) is 6.92 Å². The quantitative estimate of drug-likeness (QED) is 0.633. The van der Waals surface area contributed by atoms with Gasteiger partial charge in [-0.25, -0.2) is 4.79 Å². The molecule has 158 valence electrons. The molecule has 1 aliphatic rings. The monoisotopic (exact) mass is 410 g/mol. The van der Waals surface area contributed by atoms with E-state index in [1.54, 1.807) is 44.6 Å². The van der Waals surface area contributed by atoms with E-state index in [0.29, 0.717) is 40.3 Å². The Morgan fingerprint density at radius 3 is 2.53 bits per heavy atom. The molecule has 1 aromatic heterocycles. The second-order valence-corrected chi connectivity index (χ2v) is 8.10. The fourth-order valence-corrected chi connectivity index (χ4v) is 4.21. The normalized spacial score (nSPS) is 19.0. The van der Waals surface area contributed by atoms with Crippen molar-refractivity contribution >= 4 is 11.0 Å². The van der Waals surface area contributed by atoms with Gasteiger partial charge >= 0.3 is 5.63 Å². The third-order valence-corrected chi connectivity index (χ3v) is 6.09. The SMILES string of the molecule is COc1ccc(-c2cc3ccc(O)c(C[NH+]4CCC(C)CC4)c3oc2=O)c(OC)c1. The molecule has 0 amide bonds. The van der Waals surface area contributed by atoms with Crippen LogP contribution in [0.5, 0.6) is 17.2 Å². The maximum absolute atomic E-state index is 12.9. The molecule has 2 aromatic carbocycles. The summed E-state index contributed by atoms with van der Waals surface area (Å²) in [5, 5.41) is 11.3. The first-order chi connectivity index (χ1) is 14.5. The van der Waals surface area contributed by atoms with Gasteiger partial charge in [-0.3, -0.25) is 0 Å². The fraction of sp³-hybridized carbons (Fsp3) is 0.375. The molecule has 2 heterocycles. The van der Waals surface area contributed by atoms with Gasteiger partial charge in [0.15, 0.2) is 5.58 Å². The molecule has 6 nitrogen and oxygen atoms in total. The summed E-state index contributed by atoms with van der Waals surface area (Å²) in [5.74, 6) is 2.10. The van der Waals surface area contributed by atoms with Crippen LogP contribution in [-0.4, -0.2) is 32.4 Å². The topological polar surface area (TPSA) is 73.3 Å². The van der Waals surface area contributed by atoms with Gasteiger partial charge in [-0.2, -0.15) is 0 Å². The van der Waals surface area contributed by atoms with Gasteiger partial charge in [0.05, 0.1) is 38.4 Å². The van der Waals surface area contributed by atoms with Crippen molar-refractivity contribution in [3.05, 3.63) is 52.4 Å². The minimum absolute atomic E-state index is 0.173. The van der Waals surface area contributed by atoms with Crippen molar-refractivity contribution in [3.8, 4) is 28.4 Å². The Morgan fingerprint density at radius 2 is 1.83 bits per heavy atom. The highest BCUT2D eigenvalue weighted by molar-refractivity contribution is 5.86. The number of hydrogen-bond donors (Lipinski definition) is 2. The Bertz CT molecular complexity index is 1110.